The highest BCUT2D eigenvalue weighted by molar-refractivity contribution is 5.97. The van der Waals surface area contributed by atoms with Crippen molar-refractivity contribution in [1.29, 1.82) is 0 Å². The summed E-state index contributed by atoms with van der Waals surface area (Å²) in [5, 5.41) is 4.59. The van der Waals surface area contributed by atoms with Gasteiger partial charge in [-0.15, -0.1) is 0 Å². The van der Waals surface area contributed by atoms with Gasteiger partial charge < -0.3 is 29.2 Å². The molecule has 0 saturated carbocycles. The SMILES string of the molecule is C=CC(=O)N1CC[C@H](C(=O)N(C)C(C(=O)N[C@H]2Cc3cccc(c3)-c3ccc4c(c3)c(c(-c3cccnc3[C@H](C)OC)n4CC)C(F)(F)C(C)(C)COC(=O)[C@@H]3CCCN(N3)C2=O)C(C)C)C1. The molecule has 0 radical (unpaired) electrons. The molecule has 2 aromatic heterocycles. The molecule has 5 heterocycles. The van der Waals surface area contributed by atoms with E-state index < -0.39 is 65.9 Å². The van der Waals surface area contributed by atoms with Crippen LogP contribution in [-0.2, 0) is 52.3 Å². The van der Waals surface area contributed by atoms with Crippen LogP contribution in [0.15, 0.2) is 73.4 Å². The second-order valence-electron chi connectivity index (χ2n) is 19.0. The van der Waals surface area contributed by atoms with E-state index in [1.807, 2.05) is 68.7 Å². The van der Waals surface area contributed by atoms with Gasteiger partial charge in [0.25, 0.3) is 11.8 Å². The molecule has 4 amide bonds. The van der Waals surface area contributed by atoms with Gasteiger partial charge in [-0.2, -0.15) is 0 Å². The zero-order chi connectivity index (χ0) is 48.5. The van der Waals surface area contributed by atoms with Crippen molar-refractivity contribution in [1.82, 2.24) is 35.1 Å². The average molecular weight is 924 g/mol. The maximum atomic E-state index is 17.9. The molecule has 0 aliphatic carbocycles. The monoisotopic (exact) mass is 923 g/mol. The van der Waals surface area contributed by atoms with E-state index in [0.717, 1.165) is 0 Å². The zero-order valence-corrected chi connectivity index (χ0v) is 39.7. The molecule has 2 N–H and O–H groups in total. The number of carbonyl (C=O) groups is 5. The smallest absolute Gasteiger partial charge is 0.324 e. The highest BCUT2D eigenvalue weighted by Crippen LogP contribution is 2.53. The number of pyridine rings is 1. The number of ether oxygens (including phenoxy) is 2. The normalized spacial score (nSPS) is 21.6. The van der Waals surface area contributed by atoms with Crippen LogP contribution >= 0.6 is 0 Å². The van der Waals surface area contributed by atoms with E-state index in [1.54, 1.807) is 43.5 Å². The number of nitrogens with one attached hydrogen (secondary N) is 2. The lowest BCUT2D eigenvalue weighted by Crippen LogP contribution is -2.62. The van der Waals surface area contributed by atoms with Crippen molar-refractivity contribution in [3.8, 4) is 22.4 Å². The first-order valence-corrected chi connectivity index (χ1v) is 23.2. The molecule has 2 aromatic carbocycles. The highest BCUT2D eigenvalue weighted by atomic mass is 19.3. The highest BCUT2D eigenvalue weighted by Gasteiger charge is 2.53. The maximum absolute atomic E-state index is 17.9. The van der Waals surface area contributed by atoms with Gasteiger partial charge in [-0.05, 0) is 86.1 Å². The Hall–Kier alpha value is -6.00. The Labute approximate surface area is 391 Å². The number of likely N-dealkylation sites (tertiary alicyclic amines) is 1. The van der Waals surface area contributed by atoms with Gasteiger partial charge in [0.05, 0.1) is 34.4 Å². The van der Waals surface area contributed by atoms with E-state index in [9.17, 15) is 24.0 Å². The number of fused-ring (bicyclic) bond motifs is 6. The third-order valence-corrected chi connectivity index (χ3v) is 13.7. The Bertz CT molecular complexity index is 2560. The number of nitrogens with zero attached hydrogens (tertiary/aromatic N) is 5. The van der Waals surface area contributed by atoms with Crippen LogP contribution in [0, 0.1) is 17.3 Å². The van der Waals surface area contributed by atoms with E-state index in [2.05, 4.69) is 22.3 Å². The minimum absolute atomic E-state index is 0.0208. The lowest BCUT2D eigenvalue weighted by Gasteiger charge is -2.38. The first kappa shape index (κ1) is 48.9. The molecule has 7 rings (SSSR count). The number of amides is 4. The maximum Gasteiger partial charge on any atom is 0.324 e. The number of benzene rings is 2. The van der Waals surface area contributed by atoms with Crippen LogP contribution in [0.3, 0.4) is 0 Å². The standard InChI is InChI=1S/C51H63F2N7O7/c1-10-41(61)58-24-21-35(28-58)47(63)57(8)44(30(3)4)46(62)55-39-26-32-15-12-16-33(25-32)34-19-20-40-37(27-34)42(45(59(40)11-2)36-17-13-22-54-43(36)31(5)66-9)51(52,53)50(6,7)29-67-49(65)38-18-14-23-60(56-38)48(39)64/h10,12-13,15-17,19-20,22,25,27,30-31,35,38-39,44,56H,1,11,14,18,21,23-24,26,28-29H2,2-9H3,(H,55,62)/t31-,35-,38-,39-,44?/m0/s1. The van der Waals surface area contributed by atoms with E-state index in [1.165, 1.54) is 29.8 Å². The molecule has 14 nitrogen and oxygen atoms in total. The van der Waals surface area contributed by atoms with Gasteiger partial charge in [0, 0.05) is 69.4 Å². The number of hydrogen-bond donors (Lipinski definition) is 2. The van der Waals surface area contributed by atoms with Crippen molar-refractivity contribution in [2.75, 3.05) is 40.4 Å². The van der Waals surface area contributed by atoms with Gasteiger partial charge in [0.15, 0.2) is 0 Å². The van der Waals surface area contributed by atoms with E-state index in [-0.39, 0.29) is 54.9 Å². The second-order valence-corrected chi connectivity index (χ2v) is 19.0. The molecule has 3 aliphatic heterocycles. The molecule has 2 saturated heterocycles. The summed E-state index contributed by atoms with van der Waals surface area (Å²) in [5.74, 6) is -6.86. The summed E-state index contributed by atoms with van der Waals surface area (Å²) in [4.78, 5) is 76.8. The average Bonchev–Trinajstić information content (AvgIpc) is 3.95. The number of rotatable bonds is 10. The van der Waals surface area contributed by atoms with Gasteiger partial charge >= 0.3 is 5.97 Å². The number of aryl methyl sites for hydroxylation is 1. The van der Waals surface area contributed by atoms with Gasteiger partial charge in [-0.3, -0.25) is 34.0 Å². The van der Waals surface area contributed by atoms with Crippen LogP contribution < -0.4 is 10.7 Å². The number of alkyl halides is 2. The van der Waals surface area contributed by atoms with Crippen molar-refractivity contribution in [2.45, 2.75) is 104 Å². The minimum Gasteiger partial charge on any atom is -0.464 e. The number of hydrogen-bond acceptors (Lipinski definition) is 9. The first-order valence-electron chi connectivity index (χ1n) is 23.2. The fourth-order valence-electron chi connectivity index (χ4n) is 9.81. The predicted octanol–water partition coefficient (Wildman–Crippen LogP) is 6.81. The van der Waals surface area contributed by atoms with Crippen LogP contribution in [-0.4, -0.2) is 112 Å². The number of carbonyl (C=O) groups excluding carboxylic acids is 5. The number of cyclic esters (lactones) is 1. The van der Waals surface area contributed by atoms with Crippen molar-refractivity contribution in [3.63, 3.8) is 0 Å². The number of hydrazine groups is 1. The molecule has 0 spiro atoms. The second kappa shape index (κ2) is 19.7. The third-order valence-electron chi connectivity index (χ3n) is 13.7. The summed E-state index contributed by atoms with van der Waals surface area (Å²) in [6.07, 6.45) is 3.43. The Balaban J connectivity index is 1.33. The number of likely N-dealkylation sites (N-methyl/N-ethyl adjacent to an activating group) is 1. The van der Waals surface area contributed by atoms with E-state index in [4.69, 9.17) is 9.47 Å². The molecule has 67 heavy (non-hydrogen) atoms. The zero-order valence-electron chi connectivity index (χ0n) is 39.7. The molecular weight excluding hydrogens is 861 g/mol. The van der Waals surface area contributed by atoms with Crippen molar-refractivity contribution < 1.29 is 42.2 Å². The molecular formula is C51H63F2N7O7. The Kier molecular flexibility index (Phi) is 14.4. The van der Waals surface area contributed by atoms with Crippen molar-refractivity contribution in [2.24, 2.45) is 17.3 Å². The van der Waals surface area contributed by atoms with Gasteiger partial charge in [0.1, 0.15) is 24.7 Å². The van der Waals surface area contributed by atoms with Crippen LogP contribution in [0.5, 0.6) is 0 Å². The summed E-state index contributed by atoms with van der Waals surface area (Å²) in [6, 6.07) is 13.2. The Morgan fingerprint density at radius 1 is 1.06 bits per heavy atom. The molecule has 4 aromatic rings. The lowest BCUT2D eigenvalue weighted by atomic mass is 9.80. The largest absolute Gasteiger partial charge is 0.464 e. The van der Waals surface area contributed by atoms with Crippen molar-refractivity contribution >= 4 is 40.5 Å². The van der Waals surface area contributed by atoms with Crippen LogP contribution in [0.1, 0.15) is 83.7 Å². The fraction of sp³-hybridized carbons (Fsp3) is 0.490. The Morgan fingerprint density at radius 2 is 1.81 bits per heavy atom. The fourth-order valence-corrected chi connectivity index (χ4v) is 9.81. The topological polar surface area (TPSA) is 155 Å². The van der Waals surface area contributed by atoms with Gasteiger partial charge in [-0.1, -0.05) is 64.6 Å². The Morgan fingerprint density at radius 3 is 2.51 bits per heavy atom. The van der Waals surface area contributed by atoms with Crippen molar-refractivity contribution in [3.05, 3.63) is 90.3 Å². The minimum atomic E-state index is -3.58. The summed E-state index contributed by atoms with van der Waals surface area (Å²) >= 11 is 0. The lowest BCUT2D eigenvalue weighted by molar-refractivity contribution is -0.170. The number of esters is 1. The van der Waals surface area contributed by atoms with Gasteiger partial charge in [-0.25, -0.2) is 14.2 Å². The molecule has 16 heteroatoms. The quantitative estimate of drug-likeness (QED) is 0.129. The summed E-state index contributed by atoms with van der Waals surface area (Å²) in [6.45, 7) is 14.2. The van der Waals surface area contributed by atoms with Gasteiger partial charge in [0.2, 0.25) is 17.7 Å². The number of aromatic nitrogens is 2. The predicted molar refractivity (Wildman–Crippen MR) is 250 cm³/mol. The van der Waals surface area contributed by atoms with Crippen LogP contribution in [0.4, 0.5) is 8.78 Å². The summed E-state index contributed by atoms with van der Waals surface area (Å²) in [7, 11) is 3.11. The molecule has 5 atom stereocenters. The van der Waals surface area contributed by atoms with Crippen LogP contribution in [0.2, 0.25) is 0 Å². The molecule has 2 fully saturated rings. The number of methoxy groups -OCH3 is 1. The third kappa shape index (κ3) is 9.47. The van der Waals surface area contributed by atoms with E-state index in [0.29, 0.717) is 64.8 Å². The van der Waals surface area contributed by atoms with Crippen LogP contribution in [0.25, 0.3) is 33.3 Å². The summed E-state index contributed by atoms with van der Waals surface area (Å²) in [5.41, 5.74) is 4.68. The molecule has 1 unspecified atom stereocenters. The molecule has 3 aliphatic rings. The van der Waals surface area contributed by atoms with E-state index >= 15 is 8.78 Å². The summed E-state index contributed by atoms with van der Waals surface area (Å²) < 4.78 is 49.2. The molecule has 358 valence electrons. The number of halogens is 2. The first-order chi connectivity index (χ1) is 31.8. The molecule has 6 bridgehead atoms.